The minimum absolute atomic E-state index is 0.00682. The molecule has 0 spiro atoms. The fraction of sp³-hybridized carbons (Fsp3) is 0.231. The number of rotatable bonds is 3. The molecule has 0 bridgehead atoms. The van der Waals surface area contributed by atoms with Crippen LogP contribution in [0.3, 0.4) is 0 Å². The van der Waals surface area contributed by atoms with E-state index in [1.807, 2.05) is 0 Å². The van der Waals surface area contributed by atoms with E-state index >= 15 is 0 Å². The normalized spacial score (nSPS) is 11.7. The van der Waals surface area contributed by atoms with Crippen LogP contribution in [0.1, 0.15) is 5.01 Å². The molecule has 23 heavy (non-hydrogen) atoms. The van der Waals surface area contributed by atoms with Gasteiger partial charge in [-0.1, -0.05) is 23.2 Å². The molecular weight excluding hydrogens is 374 g/mol. The van der Waals surface area contributed by atoms with Crippen LogP contribution in [0.5, 0.6) is 5.88 Å². The van der Waals surface area contributed by atoms with Crippen molar-refractivity contribution in [1.29, 1.82) is 0 Å². The Morgan fingerprint density at radius 2 is 2.04 bits per heavy atom. The molecule has 0 aliphatic carbocycles. The summed E-state index contributed by atoms with van der Waals surface area (Å²) in [6, 6.07) is 1.09. The van der Waals surface area contributed by atoms with Gasteiger partial charge in [-0.2, -0.15) is 13.9 Å². The molecule has 0 amide bonds. The van der Waals surface area contributed by atoms with Gasteiger partial charge in [-0.05, 0) is 13.0 Å². The Morgan fingerprint density at radius 3 is 2.70 bits per heavy atom. The predicted octanol–water partition coefficient (Wildman–Crippen LogP) is 5.05. The second-order valence-corrected chi connectivity index (χ2v) is 6.58. The van der Waals surface area contributed by atoms with Crippen molar-refractivity contribution < 1.29 is 17.9 Å². The standard InChI is InChI=1S/C13H8Cl2F3N3OS/c1-4-19-9-5(14)3-6(16)7(11(9)23-4)10-8(15)12(21(2)20-10)22-13(17)18/h3,13H,1-2H3. The van der Waals surface area contributed by atoms with E-state index in [0.717, 1.165) is 10.7 Å². The van der Waals surface area contributed by atoms with Gasteiger partial charge in [0.15, 0.2) is 0 Å². The highest BCUT2D eigenvalue weighted by Gasteiger charge is 2.26. The van der Waals surface area contributed by atoms with E-state index < -0.39 is 12.4 Å². The van der Waals surface area contributed by atoms with E-state index in [-0.39, 0.29) is 27.2 Å². The highest BCUT2D eigenvalue weighted by Crippen LogP contribution is 2.43. The molecule has 0 saturated carbocycles. The molecule has 0 fully saturated rings. The molecule has 122 valence electrons. The topological polar surface area (TPSA) is 39.9 Å². The molecule has 0 aliphatic rings. The number of aromatic nitrogens is 3. The maximum Gasteiger partial charge on any atom is 0.388 e. The Balaban J connectivity index is 2.29. The lowest BCUT2D eigenvalue weighted by Crippen LogP contribution is -2.06. The molecule has 1 aromatic carbocycles. The van der Waals surface area contributed by atoms with Crippen LogP contribution in [0.25, 0.3) is 21.5 Å². The number of nitrogens with zero attached hydrogens (tertiary/aromatic N) is 3. The third-order valence-electron chi connectivity index (χ3n) is 3.06. The Morgan fingerprint density at radius 1 is 1.35 bits per heavy atom. The number of benzene rings is 1. The summed E-state index contributed by atoms with van der Waals surface area (Å²) < 4.78 is 45.2. The second kappa shape index (κ2) is 5.85. The number of aryl methyl sites for hydroxylation is 2. The maximum absolute atomic E-state index is 14.5. The monoisotopic (exact) mass is 381 g/mol. The minimum Gasteiger partial charge on any atom is -0.416 e. The minimum atomic E-state index is -3.07. The summed E-state index contributed by atoms with van der Waals surface area (Å²) in [5.41, 5.74) is 0.455. The van der Waals surface area contributed by atoms with Crippen LogP contribution < -0.4 is 4.74 Å². The highest BCUT2D eigenvalue weighted by atomic mass is 35.5. The van der Waals surface area contributed by atoms with E-state index in [0.29, 0.717) is 15.2 Å². The van der Waals surface area contributed by atoms with Crippen molar-refractivity contribution in [3.63, 3.8) is 0 Å². The zero-order valence-corrected chi connectivity index (χ0v) is 14.0. The summed E-state index contributed by atoms with van der Waals surface area (Å²) >= 11 is 13.3. The van der Waals surface area contributed by atoms with Gasteiger partial charge in [0, 0.05) is 7.05 Å². The van der Waals surface area contributed by atoms with E-state index in [9.17, 15) is 13.2 Å². The van der Waals surface area contributed by atoms with E-state index in [2.05, 4.69) is 14.8 Å². The number of alkyl halides is 2. The average molecular weight is 382 g/mol. The van der Waals surface area contributed by atoms with Gasteiger partial charge in [0.2, 0.25) is 5.88 Å². The van der Waals surface area contributed by atoms with Crippen molar-refractivity contribution in [3.8, 4) is 17.1 Å². The second-order valence-electron chi connectivity index (χ2n) is 4.60. The largest absolute Gasteiger partial charge is 0.416 e. The first kappa shape index (κ1) is 16.4. The Labute approximate surface area is 142 Å². The van der Waals surface area contributed by atoms with Gasteiger partial charge < -0.3 is 4.74 Å². The predicted molar refractivity (Wildman–Crippen MR) is 83.2 cm³/mol. The number of halogens is 5. The highest BCUT2D eigenvalue weighted by molar-refractivity contribution is 7.19. The van der Waals surface area contributed by atoms with E-state index in [4.69, 9.17) is 23.2 Å². The lowest BCUT2D eigenvalue weighted by molar-refractivity contribution is -0.0552. The molecule has 0 N–H and O–H groups in total. The van der Waals surface area contributed by atoms with Gasteiger partial charge in [0.1, 0.15) is 22.1 Å². The van der Waals surface area contributed by atoms with Crippen LogP contribution >= 0.6 is 34.5 Å². The zero-order chi connectivity index (χ0) is 16.9. The van der Waals surface area contributed by atoms with Gasteiger partial charge in [0.25, 0.3) is 0 Å². The summed E-state index contributed by atoms with van der Waals surface area (Å²) in [5.74, 6) is -1.02. The number of ether oxygens (including phenoxy) is 1. The lowest BCUT2D eigenvalue weighted by Gasteiger charge is -2.04. The van der Waals surface area contributed by atoms with Crippen LogP contribution in [0, 0.1) is 12.7 Å². The SMILES string of the molecule is Cc1nc2c(Cl)cc(F)c(-c3nn(C)c(OC(F)F)c3Cl)c2s1. The van der Waals surface area contributed by atoms with Gasteiger partial charge in [-0.25, -0.2) is 14.1 Å². The summed E-state index contributed by atoms with van der Waals surface area (Å²) in [7, 11) is 1.37. The quantitative estimate of drug-likeness (QED) is 0.636. The first-order valence-corrected chi connectivity index (χ1v) is 7.79. The first-order chi connectivity index (χ1) is 10.8. The molecule has 0 radical (unpaired) electrons. The van der Waals surface area contributed by atoms with E-state index in [1.165, 1.54) is 18.4 Å². The molecule has 2 heterocycles. The summed E-state index contributed by atoms with van der Waals surface area (Å²) in [5, 5.41) is 4.62. The summed E-state index contributed by atoms with van der Waals surface area (Å²) in [6.07, 6.45) is 0. The lowest BCUT2D eigenvalue weighted by atomic mass is 10.1. The smallest absolute Gasteiger partial charge is 0.388 e. The third-order valence-corrected chi connectivity index (χ3v) is 4.67. The molecule has 2 aromatic heterocycles. The van der Waals surface area contributed by atoms with Gasteiger partial charge in [-0.3, -0.25) is 0 Å². The van der Waals surface area contributed by atoms with Crippen molar-refractivity contribution in [2.75, 3.05) is 0 Å². The molecular formula is C13H8Cl2F3N3OS. The zero-order valence-electron chi connectivity index (χ0n) is 11.7. The number of hydrogen-bond acceptors (Lipinski definition) is 4. The van der Waals surface area contributed by atoms with E-state index in [1.54, 1.807) is 6.92 Å². The van der Waals surface area contributed by atoms with Gasteiger partial charge >= 0.3 is 6.61 Å². The van der Waals surface area contributed by atoms with Gasteiger partial charge in [-0.15, -0.1) is 11.3 Å². The molecule has 10 heteroatoms. The van der Waals surface area contributed by atoms with Crippen LogP contribution in [-0.4, -0.2) is 21.4 Å². The van der Waals surface area contributed by atoms with Crippen molar-refractivity contribution in [2.24, 2.45) is 7.05 Å². The Hall–Kier alpha value is -1.51. The van der Waals surface area contributed by atoms with Crippen molar-refractivity contribution >= 4 is 44.8 Å². The van der Waals surface area contributed by atoms with Crippen molar-refractivity contribution in [3.05, 3.63) is 26.9 Å². The van der Waals surface area contributed by atoms with Crippen molar-refractivity contribution in [2.45, 2.75) is 13.5 Å². The van der Waals surface area contributed by atoms with Gasteiger partial charge in [0.05, 0.1) is 20.3 Å². The summed E-state index contributed by atoms with van der Waals surface area (Å²) in [6.45, 7) is -1.33. The molecule has 0 saturated heterocycles. The fourth-order valence-corrected chi connectivity index (χ4v) is 3.76. The Kier molecular flexibility index (Phi) is 4.16. The number of hydrogen-bond donors (Lipinski definition) is 0. The molecule has 0 unspecified atom stereocenters. The Bertz CT molecular complexity index is 910. The third kappa shape index (κ3) is 2.75. The maximum atomic E-state index is 14.5. The number of fused-ring (bicyclic) bond motifs is 1. The average Bonchev–Trinajstić information content (AvgIpc) is 2.95. The molecule has 3 aromatic rings. The summed E-state index contributed by atoms with van der Waals surface area (Å²) in [4.78, 5) is 4.24. The molecule has 3 rings (SSSR count). The van der Waals surface area contributed by atoms with Crippen LogP contribution in [0.4, 0.5) is 13.2 Å². The fourth-order valence-electron chi connectivity index (χ4n) is 2.19. The molecule has 0 atom stereocenters. The number of thiazole rings is 1. The van der Waals surface area contributed by atoms with Crippen LogP contribution in [0.2, 0.25) is 10.0 Å². The van der Waals surface area contributed by atoms with Crippen LogP contribution in [0.15, 0.2) is 6.07 Å². The van der Waals surface area contributed by atoms with Crippen molar-refractivity contribution in [1.82, 2.24) is 14.8 Å². The van der Waals surface area contributed by atoms with Crippen LogP contribution in [-0.2, 0) is 7.05 Å². The molecule has 4 nitrogen and oxygen atoms in total. The molecule has 0 aliphatic heterocycles. The first-order valence-electron chi connectivity index (χ1n) is 6.22.